The van der Waals surface area contributed by atoms with Crippen molar-refractivity contribution in [2.75, 3.05) is 19.8 Å². The molecule has 0 radical (unpaired) electrons. The Morgan fingerprint density at radius 3 is 0.922 bits per heavy atom. The highest BCUT2D eigenvalue weighted by molar-refractivity contribution is 5.93. The van der Waals surface area contributed by atoms with Gasteiger partial charge in [0.2, 0.25) is 0 Å². The highest BCUT2D eigenvalue weighted by Crippen LogP contribution is 2.41. The largest absolute Gasteiger partial charge is 0.459 e. The van der Waals surface area contributed by atoms with Gasteiger partial charge in [-0.2, -0.15) is 0 Å². The fourth-order valence-electron chi connectivity index (χ4n) is 12.2. The molecule has 13 rings (SSSR count). The van der Waals surface area contributed by atoms with Crippen molar-refractivity contribution in [1.82, 2.24) is 0 Å². The van der Waals surface area contributed by atoms with E-state index in [0.717, 1.165) is 11.1 Å². The number of ether oxygens (including phenoxy) is 15. The number of carbonyl (C=O) groups excluding carboxylic acids is 7. The Labute approximate surface area is 592 Å². The summed E-state index contributed by atoms with van der Waals surface area (Å²) in [6.07, 6.45) is -24.6. The number of rotatable bonds is 26. The SMILES string of the molecule is O=C(OC[C@H]1O[C@@H](O[C@H]2[C@H](OC(=O)c3ccccc3)[C@@H](OC(=O)c3ccccc3)[C@H](O[C@H]3[C@@H]4OC[C@@H](O4)[C@@H](OCc4ccccc4)[C@@H]3OCc3ccccc3)O[C@@H]2COC(=O)c2ccccc2)[C@H](OC(=O)c2ccccc2)[C@@H](OC(=O)c2ccccc2)[C@H]1OC(=O)c1ccccc1)c1ccccc1. The van der Waals surface area contributed by atoms with Crippen LogP contribution < -0.4 is 0 Å². The molecule has 2 bridgehead atoms. The molecule has 526 valence electrons. The van der Waals surface area contributed by atoms with Crippen LogP contribution in [0.5, 0.6) is 0 Å². The molecule has 4 aliphatic heterocycles. The van der Waals surface area contributed by atoms with Gasteiger partial charge in [0, 0.05) is 0 Å². The average molecular weight is 1400 g/mol. The number of fused-ring (bicyclic) bond motifs is 2. The van der Waals surface area contributed by atoms with Crippen molar-refractivity contribution >= 4 is 41.8 Å². The fraction of sp³-hybridized carbons (Fsp3) is 0.247. The van der Waals surface area contributed by atoms with Crippen molar-refractivity contribution in [2.24, 2.45) is 0 Å². The Morgan fingerprint density at radius 1 is 0.282 bits per heavy atom. The lowest BCUT2D eigenvalue weighted by Gasteiger charge is -2.50. The number of carbonyl (C=O) groups is 7. The third-order valence-corrected chi connectivity index (χ3v) is 17.4. The van der Waals surface area contributed by atoms with Gasteiger partial charge >= 0.3 is 41.8 Å². The van der Waals surface area contributed by atoms with Crippen molar-refractivity contribution in [1.29, 1.82) is 0 Å². The molecule has 4 aliphatic rings. The van der Waals surface area contributed by atoms with Crippen LogP contribution in [0, 0.1) is 0 Å². The van der Waals surface area contributed by atoms with Crippen LogP contribution in [0.25, 0.3) is 0 Å². The first kappa shape index (κ1) is 70.4. The zero-order chi connectivity index (χ0) is 70.9. The van der Waals surface area contributed by atoms with Gasteiger partial charge in [0.05, 0.1) is 58.8 Å². The van der Waals surface area contributed by atoms with Gasteiger partial charge in [0.15, 0.2) is 49.4 Å². The highest BCUT2D eigenvalue weighted by atomic mass is 16.8. The van der Waals surface area contributed by atoms with E-state index in [1.807, 2.05) is 60.7 Å². The number of benzene rings is 9. The van der Waals surface area contributed by atoms with Gasteiger partial charge in [-0.15, -0.1) is 0 Å². The van der Waals surface area contributed by atoms with E-state index >= 15 is 9.59 Å². The Balaban J connectivity index is 0.966. The second kappa shape index (κ2) is 34.1. The predicted octanol–water partition coefficient (Wildman–Crippen LogP) is 11.0. The quantitative estimate of drug-likeness (QED) is 0.0360. The van der Waals surface area contributed by atoms with E-state index in [2.05, 4.69) is 0 Å². The molecule has 0 saturated carbocycles. The van der Waals surface area contributed by atoms with Crippen molar-refractivity contribution in [2.45, 2.75) is 105 Å². The molecular weight excluding hydrogens is 1320 g/mol. The zero-order valence-electron chi connectivity index (χ0n) is 55.2. The van der Waals surface area contributed by atoms with Crippen LogP contribution in [-0.4, -0.2) is 154 Å². The van der Waals surface area contributed by atoms with Crippen molar-refractivity contribution < 1.29 is 105 Å². The van der Waals surface area contributed by atoms with Crippen LogP contribution in [0.15, 0.2) is 273 Å². The molecule has 4 saturated heterocycles. The van der Waals surface area contributed by atoms with Crippen LogP contribution in [0.3, 0.4) is 0 Å². The van der Waals surface area contributed by atoms with E-state index in [9.17, 15) is 24.0 Å². The van der Waals surface area contributed by atoms with Gasteiger partial charge in [-0.05, 0) is 96.1 Å². The minimum atomic E-state index is -2.15. The summed E-state index contributed by atoms with van der Waals surface area (Å²) in [5, 5.41) is 0. The maximum absolute atomic E-state index is 15.3. The Bertz CT molecular complexity index is 4260. The molecule has 0 amide bonds. The molecule has 22 nitrogen and oxygen atoms in total. The highest BCUT2D eigenvalue weighted by Gasteiger charge is 2.61. The van der Waals surface area contributed by atoms with Crippen LogP contribution in [-0.2, 0) is 84.3 Å². The maximum Gasteiger partial charge on any atom is 0.338 e. The lowest BCUT2D eigenvalue weighted by Crippen LogP contribution is -2.68. The van der Waals surface area contributed by atoms with Gasteiger partial charge in [0.25, 0.3) is 0 Å². The van der Waals surface area contributed by atoms with Crippen LogP contribution >= 0.6 is 0 Å². The summed E-state index contributed by atoms with van der Waals surface area (Å²) in [5.74, 6) is -6.79. The third kappa shape index (κ3) is 17.6. The molecule has 0 aliphatic carbocycles. The van der Waals surface area contributed by atoms with Crippen molar-refractivity contribution in [3.63, 3.8) is 0 Å². The molecule has 103 heavy (non-hydrogen) atoms. The smallest absolute Gasteiger partial charge is 0.338 e. The molecular formula is C81H70O22. The maximum atomic E-state index is 15.3. The van der Waals surface area contributed by atoms with Crippen molar-refractivity contribution in [3.05, 3.63) is 323 Å². The second-order valence-electron chi connectivity index (χ2n) is 24.3. The van der Waals surface area contributed by atoms with E-state index < -0.39 is 147 Å². The van der Waals surface area contributed by atoms with Gasteiger partial charge in [-0.25, -0.2) is 33.6 Å². The third-order valence-electron chi connectivity index (χ3n) is 17.4. The molecule has 0 N–H and O–H groups in total. The summed E-state index contributed by atoms with van der Waals surface area (Å²) in [7, 11) is 0. The van der Waals surface area contributed by atoms with Crippen molar-refractivity contribution in [3.8, 4) is 0 Å². The monoisotopic (exact) mass is 1390 g/mol. The summed E-state index contributed by atoms with van der Waals surface area (Å²) in [4.78, 5) is 103. The standard InChI is InChI=1S/C81H70O22/c82-72(53-32-14-3-15-33-53)91-48-61-64(97-74(84)55-36-18-5-19-37-55)67(98-75(85)56-38-20-6-21-39-56)70(100-77(87)58-42-24-8-25-43-58)80(95-61)102-65-62(49-92-73(83)54-34-16-4-17-35-54)96-81(71(101-78(88)59-44-26-9-27-45-59)68(65)99-76(86)57-40-22-7-23-41-57)103-69-66(90-47-52-30-12-2-13-31-52)63(60-50-93-79(69)94-60)89-46-51-28-10-1-11-29-51/h1-45,60-71,79-81H,46-50H2/t60-,61-,62-,63-,64+,65-,66+,67+,68+,69-,70-,71-,79-,80+,81+/m1/s1. The van der Waals surface area contributed by atoms with Crippen LogP contribution in [0.1, 0.15) is 83.6 Å². The molecule has 4 fully saturated rings. The lowest BCUT2D eigenvalue weighted by atomic mass is 9.95. The van der Waals surface area contributed by atoms with E-state index in [0.29, 0.717) is 0 Å². The van der Waals surface area contributed by atoms with Gasteiger partial charge in [-0.1, -0.05) is 188 Å². The van der Waals surface area contributed by atoms with Gasteiger partial charge in [-0.3, -0.25) is 0 Å². The summed E-state index contributed by atoms with van der Waals surface area (Å²) in [6, 6.07) is 73.6. The van der Waals surface area contributed by atoms with Gasteiger partial charge in [0.1, 0.15) is 55.9 Å². The summed E-state index contributed by atoms with van der Waals surface area (Å²) in [6.45, 7) is -1.43. The summed E-state index contributed by atoms with van der Waals surface area (Å²) >= 11 is 0. The minimum absolute atomic E-state index is 0.00793. The van der Waals surface area contributed by atoms with E-state index in [4.69, 9.17) is 71.1 Å². The average Bonchev–Trinajstić information content (AvgIpc) is 1.55. The minimum Gasteiger partial charge on any atom is -0.459 e. The second-order valence-corrected chi connectivity index (χ2v) is 24.3. The molecule has 15 atom stereocenters. The Morgan fingerprint density at radius 2 is 0.563 bits per heavy atom. The van der Waals surface area contributed by atoms with Crippen LogP contribution in [0.4, 0.5) is 0 Å². The Hall–Kier alpha value is -11.1. The number of hydrogen-bond donors (Lipinski definition) is 0. The molecule has 22 heteroatoms. The molecule has 0 unspecified atom stereocenters. The summed E-state index contributed by atoms with van der Waals surface area (Å²) < 4.78 is 99.7. The molecule has 9 aromatic carbocycles. The number of esters is 7. The summed E-state index contributed by atoms with van der Waals surface area (Å²) in [5.41, 5.74) is 1.83. The topological polar surface area (TPSA) is 258 Å². The van der Waals surface area contributed by atoms with Crippen LogP contribution in [0.2, 0.25) is 0 Å². The molecule has 4 heterocycles. The van der Waals surface area contributed by atoms with E-state index in [-0.39, 0.29) is 58.8 Å². The predicted molar refractivity (Wildman–Crippen MR) is 363 cm³/mol. The van der Waals surface area contributed by atoms with Gasteiger partial charge < -0.3 is 71.1 Å². The molecule has 0 aromatic heterocycles. The first-order chi connectivity index (χ1) is 50.5. The Kier molecular flexibility index (Phi) is 23.3. The fourth-order valence-corrected chi connectivity index (χ4v) is 12.2. The normalized spacial score (nSPS) is 24.8. The van der Waals surface area contributed by atoms with E-state index in [1.54, 1.807) is 127 Å². The van der Waals surface area contributed by atoms with E-state index in [1.165, 1.54) is 84.9 Å². The first-order valence-corrected chi connectivity index (χ1v) is 33.4. The molecule has 0 spiro atoms. The lowest BCUT2D eigenvalue weighted by molar-refractivity contribution is -0.374. The number of hydrogen-bond acceptors (Lipinski definition) is 22. The molecule has 9 aromatic rings. The zero-order valence-corrected chi connectivity index (χ0v) is 55.2. The first-order valence-electron chi connectivity index (χ1n) is 33.4.